The Kier molecular flexibility index (Phi) is 4.82. The van der Waals surface area contributed by atoms with E-state index >= 15 is 0 Å². The molecule has 4 nitrogen and oxygen atoms in total. The van der Waals surface area contributed by atoms with Gasteiger partial charge in [-0.05, 0) is 67.0 Å². The van der Waals surface area contributed by atoms with Gasteiger partial charge in [-0.25, -0.2) is 4.79 Å². The Bertz CT molecular complexity index is 457. The Labute approximate surface area is 121 Å². The van der Waals surface area contributed by atoms with Gasteiger partial charge >= 0.3 is 5.97 Å². The lowest BCUT2D eigenvalue weighted by Gasteiger charge is -2.29. The van der Waals surface area contributed by atoms with Crippen LogP contribution in [0.25, 0.3) is 0 Å². The van der Waals surface area contributed by atoms with Gasteiger partial charge in [0.1, 0.15) is 0 Å². The summed E-state index contributed by atoms with van der Waals surface area (Å²) in [7, 11) is 2.14. The van der Waals surface area contributed by atoms with E-state index in [1.807, 2.05) is 12.1 Å². The second kappa shape index (κ2) is 6.39. The number of hydrogen-bond donors (Lipinski definition) is 2. The summed E-state index contributed by atoms with van der Waals surface area (Å²) in [6.45, 7) is 3.08. The molecule has 0 radical (unpaired) electrons. The lowest BCUT2D eigenvalue weighted by atomic mass is 9.97. The van der Waals surface area contributed by atoms with Crippen molar-refractivity contribution in [2.24, 2.45) is 5.92 Å². The highest BCUT2D eigenvalue weighted by molar-refractivity contribution is 9.10. The van der Waals surface area contributed by atoms with E-state index < -0.39 is 5.97 Å². The van der Waals surface area contributed by atoms with Crippen molar-refractivity contribution in [2.45, 2.75) is 12.8 Å². The standard InChI is InChI=1S/C14H19BrN2O2/c1-17-7-5-10(6-8-17)9-16-12-4-2-3-11(15)13(12)14(18)19/h2-4,10,16H,5-9H2,1H3,(H,18,19). The summed E-state index contributed by atoms with van der Waals surface area (Å²) >= 11 is 3.29. The van der Waals surface area contributed by atoms with Gasteiger partial charge in [-0.15, -0.1) is 0 Å². The molecule has 0 saturated carbocycles. The second-order valence-electron chi connectivity index (χ2n) is 5.10. The Morgan fingerprint density at radius 2 is 2.16 bits per heavy atom. The summed E-state index contributed by atoms with van der Waals surface area (Å²) < 4.78 is 0.619. The van der Waals surface area contributed by atoms with Gasteiger partial charge in [-0.3, -0.25) is 0 Å². The van der Waals surface area contributed by atoms with Crippen molar-refractivity contribution < 1.29 is 9.90 Å². The molecule has 0 atom stereocenters. The first-order valence-electron chi connectivity index (χ1n) is 6.52. The summed E-state index contributed by atoms with van der Waals surface area (Å²) in [6, 6.07) is 5.43. The van der Waals surface area contributed by atoms with Crippen LogP contribution in [0.2, 0.25) is 0 Å². The van der Waals surface area contributed by atoms with Crippen LogP contribution in [0.5, 0.6) is 0 Å². The third-order valence-electron chi connectivity index (χ3n) is 3.65. The summed E-state index contributed by atoms with van der Waals surface area (Å²) in [6.07, 6.45) is 2.33. The molecule has 1 aliphatic heterocycles. The number of piperidine rings is 1. The number of likely N-dealkylation sites (tertiary alicyclic amines) is 1. The Balaban J connectivity index is 2.00. The van der Waals surface area contributed by atoms with Crippen molar-refractivity contribution in [1.29, 1.82) is 0 Å². The molecule has 1 fully saturated rings. The number of nitrogens with one attached hydrogen (secondary N) is 1. The minimum Gasteiger partial charge on any atom is -0.478 e. The third-order valence-corrected chi connectivity index (χ3v) is 4.31. The minimum atomic E-state index is -0.904. The van der Waals surface area contributed by atoms with Gasteiger partial charge in [-0.1, -0.05) is 6.07 Å². The normalized spacial score (nSPS) is 17.4. The molecule has 1 aromatic rings. The number of aromatic carboxylic acids is 1. The van der Waals surface area contributed by atoms with Gasteiger partial charge in [-0.2, -0.15) is 0 Å². The number of nitrogens with zero attached hydrogens (tertiary/aromatic N) is 1. The molecule has 0 aliphatic carbocycles. The molecule has 0 unspecified atom stereocenters. The fraction of sp³-hybridized carbons (Fsp3) is 0.500. The van der Waals surface area contributed by atoms with Crippen LogP contribution in [0.1, 0.15) is 23.2 Å². The summed E-state index contributed by atoms with van der Waals surface area (Å²) in [5.41, 5.74) is 1.01. The van der Waals surface area contributed by atoms with Crippen molar-refractivity contribution in [3.8, 4) is 0 Å². The van der Waals surface area contributed by atoms with Gasteiger partial charge < -0.3 is 15.3 Å². The molecule has 2 N–H and O–H groups in total. The summed E-state index contributed by atoms with van der Waals surface area (Å²) in [5, 5.41) is 12.5. The van der Waals surface area contributed by atoms with E-state index in [4.69, 9.17) is 0 Å². The molecule has 0 amide bonds. The van der Waals surface area contributed by atoms with E-state index in [0.717, 1.165) is 19.6 Å². The number of hydrogen-bond acceptors (Lipinski definition) is 3. The van der Waals surface area contributed by atoms with Crippen molar-refractivity contribution in [1.82, 2.24) is 4.90 Å². The van der Waals surface area contributed by atoms with Crippen LogP contribution in [0.3, 0.4) is 0 Å². The average molecular weight is 327 g/mol. The van der Waals surface area contributed by atoms with E-state index in [2.05, 4.69) is 33.2 Å². The van der Waals surface area contributed by atoms with E-state index in [1.54, 1.807) is 6.07 Å². The number of carboxylic acids is 1. The molecule has 0 spiro atoms. The fourth-order valence-electron chi connectivity index (χ4n) is 2.41. The van der Waals surface area contributed by atoms with Crippen LogP contribution >= 0.6 is 15.9 Å². The Hall–Kier alpha value is -1.07. The summed E-state index contributed by atoms with van der Waals surface area (Å²) in [4.78, 5) is 13.6. The molecule has 1 aliphatic rings. The maximum Gasteiger partial charge on any atom is 0.338 e. The second-order valence-corrected chi connectivity index (χ2v) is 5.95. The number of benzene rings is 1. The molecular weight excluding hydrogens is 308 g/mol. The van der Waals surface area contributed by atoms with Gasteiger partial charge in [0.25, 0.3) is 0 Å². The quantitative estimate of drug-likeness (QED) is 0.893. The van der Waals surface area contributed by atoms with Crippen LogP contribution in [-0.4, -0.2) is 42.7 Å². The lowest BCUT2D eigenvalue weighted by Crippen LogP contribution is -2.33. The van der Waals surface area contributed by atoms with Crippen LogP contribution in [0, 0.1) is 5.92 Å². The van der Waals surface area contributed by atoms with Crippen LogP contribution in [-0.2, 0) is 0 Å². The first-order chi connectivity index (χ1) is 9.08. The van der Waals surface area contributed by atoms with Gasteiger partial charge in [0.05, 0.1) is 5.56 Å². The monoisotopic (exact) mass is 326 g/mol. The Morgan fingerprint density at radius 1 is 1.47 bits per heavy atom. The molecule has 1 heterocycles. The molecular formula is C14H19BrN2O2. The largest absolute Gasteiger partial charge is 0.478 e. The van der Waals surface area contributed by atoms with Crippen molar-refractivity contribution in [2.75, 3.05) is 32.0 Å². The van der Waals surface area contributed by atoms with Crippen LogP contribution in [0.15, 0.2) is 22.7 Å². The smallest absolute Gasteiger partial charge is 0.338 e. The van der Waals surface area contributed by atoms with Crippen LogP contribution < -0.4 is 5.32 Å². The molecule has 19 heavy (non-hydrogen) atoms. The van der Waals surface area contributed by atoms with Gasteiger partial charge in [0.15, 0.2) is 0 Å². The molecule has 2 rings (SSSR count). The molecule has 0 bridgehead atoms. The SMILES string of the molecule is CN1CCC(CNc2cccc(Br)c2C(=O)O)CC1. The highest BCUT2D eigenvalue weighted by atomic mass is 79.9. The van der Waals surface area contributed by atoms with Gasteiger partial charge in [0, 0.05) is 16.7 Å². The highest BCUT2D eigenvalue weighted by Gasteiger charge is 2.18. The average Bonchev–Trinajstić information content (AvgIpc) is 2.37. The zero-order valence-electron chi connectivity index (χ0n) is 11.0. The molecule has 1 aromatic carbocycles. The van der Waals surface area contributed by atoms with Gasteiger partial charge in [0.2, 0.25) is 0 Å². The number of carbonyl (C=O) groups is 1. The number of rotatable bonds is 4. The lowest BCUT2D eigenvalue weighted by molar-refractivity contribution is 0.0697. The topological polar surface area (TPSA) is 52.6 Å². The van der Waals surface area contributed by atoms with E-state index in [0.29, 0.717) is 21.6 Å². The van der Waals surface area contributed by atoms with Crippen LogP contribution in [0.4, 0.5) is 5.69 Å². The first kappa shape index (κ1) is 14.3. The number of anilines is 1. The zero-order chi connectivity index (χ0) is 13.8. The van der Waals surface area contributed by atoms with Crippen molar-refractivity contribution in [3.63, 3.8) is 0 Å². The molecule has 104 valence electrons. The number of carboxylic acid groups (broad SMARTS) is 1. The van der Waals surface area contributed by atoms with E-state index in [9.17, 15) is 9.90 Å². The molecule has 0 aromatic heterocycles. The van der Waals surface area contributed by atoms with Crippen molar-refractivity contribution in [3.05, 3.63) is 28.2 Å². The molecule has 5 heteroatoms. The minimum absolute atomic E-state index is 0.315. The molecule has 1 saturated heterocycles. The maximum absolute atomic E-state index is 11.3. The third kappa shape index (κ3) is 3.70. The first-order valence-corrected chi connectivity index (χ1v) is 7.31. The number of halogens is 1. The zero-order valence-corrected chi connectivity index (χ0v) is 12.6. The predicted molar refractivity (Wildman–Crippen MR) is 79.8 cm³/mol. The summed E-state index contributed by atoms with van der Waals surface area (Å²) in [5.74, 6) is -0.282. The highest BCUT2D eigenvalue weighted by Crippen LogP contribution is 2.26. The Morgan fingerprint density at radius 3 is 2.79 bits per heavy atom. The predicted octanol–water partition coefficient (Wildman–Crippen LogP) is 2.90. The maximum atomic E-state index is 11.3. The fourth-order valence-corrected chi connectivity index (χ4v) is 2.95. The van der Waals surface area contributed by atoms with E-state index in [-0.39, 0.29) is 0 Å². The van der Waals surface area contributed by atoms with Crippen molar-refractivity contribution >= 4 is 27.6 Å². The van der Waals surface area contributed by atoms with E-state index in [1.165, 1.54) is 12.8 Å².